The number of rotatable bonds is 10. The Morgan fingerprint density at radius 1 is 0.966 bits per heavy atom. The van der Waals surface area contributed by atoms with Crippen LogP contribution in [0.1, 0.15) is 25.8 Å². The number of alkyl carbamates (subject to hydrolysis) is 1. The van der Waals surface area contributed by atoms with Gasteiger partial charge >= 0.3 is 12.1 Å². The summed E-state index contributed by atoms with van der Waals surface area (Å²) in [6, 6.07) is 5.28. The first kappa shape index (κ1) is 23.4. The van der Waals surface area contributed by atoms with Gasteiger partial charge in [0.05, 0.1) is 6.42 Å². The normalized spacial score (nSPS) is 13.3. The van der Waals surface area contributed by atoms with E-state index in [4.69, 9.17) is 15.6 Å². The van der Waals surface area contributed by atoms with Crippen molar-refractivity contribution in [1.82, 2.24) is 16.0 Å². The Hall–Kier alpha value is -3.63. The second-order valence-corrected chi connectivity index (χ2v) is 6.23. The van der Waals surface area contributed by atoms with Gasteiger partial charge in [-0.15, -0.1) is 0 Å². The molecule has 0 fully saturated rings. The van der Waals surface area contributed by atoms with E-state index in [9.17, 15) is 24.0 Å². The van der Waals surface area contributed by atoms with Gasteiger partial charge in [0.15, 0.2) is 0 Å². The average molecular weight is 408 g/mol. The first-order valence-corrected chi connectivity index (χ1v) is 8.69. The quantitative estimate of drug-likeness (QED) is 0.338. The van der Waals surface area contributed by atoms with Crippen molar-refractivity contribution in [2.24, 2.45) is 5.73 Å². The standard InChI is InChI=1S/C18H24N4O7/c1-10(16(25)22-13(17(26)27)8-14(19)23)20-15(24)11(2)21-18(28)29-9-12-6-4-3-5-7-12/h3-7,10-11,13H,8-9H2,1-2H3,(H2,19,23)(H,20,24)(H,21,28)(H,22,25)(H,26,27)/t10-,11-,13+/m1/s1. The largest absolute Gasteiger partial charge is 0.480 e. The van der Waals surface area contributed by atoms with Gasteiger partial charge in [0.2, 0.25) is 17.7 Å². The van der Waals surface area contributed by atoms with Crippen molar-refractivity contribution in [2.75, 3.05) is 0 Å². The first-order valence-electron chi connectivity index (χ1n) is 8.69. The molecule has 0 aromatic heterocycles. The number of nitrogens with two attached hydrogens (primary N) is 1. The van der Waals surface area contributed by atoms with Gasteiger partial charge in [-0.1, -0.05) is 30.3 Å². The van der Waals surface area contributed by atoms with E-state index in [1.807, 2.05) is 6.07 Å². The summed E-state index contributed by atoms with van der Waals surface area (Å²) in [6.07, 6.45) is -1.41. The molecule has 0 unspecified atom stereocenters. The van der Waals surface area contributed by atoms with Gasteiger partial charge in [0, 0.05) is 0 Å². The maximum Gasteiger partial charge on any atom is 0.408 e. The summed E-state index contributed by atoms with van der Waals surface area (Å²) in [7, 11) is 0. The number of aliphatic carboxylic acids is 1. The Balaban J connectivity index is 2.47. The van der Waals surface area contributed by atoms with Crippen LogP contribution in [0.25, 0.3) is 0 Å². The lowest BCUT2D eigenvalue weighted by Gasteiger charge is -2.20. The van der Waals surface area contributed by atoms with Gasteiger partial charge in [0.1, 0.15) is 24.7 Å². The lowest BCUT2D eigenvalue weighted by atomic mass is 10.2. The number of carbonyl (C=O) groups excluding carboxylic acids is 4. The van der Waals surface area contributed by atoms with E-state index < -0.39 is 54.3 Å². The number of primary amides is 1. The van der Waals surface area contributed by atoms with E-state index in [1.54, 1.807) is 24.3 Å². The van der Waals surface area contributed by atoms with Crippen molar-refractivity contribution in [3.8, 4) is 0 Å². The molecule has 11 heteroatoms. The topological polar surface area (TPSA) is 177 Å². The Morgan fingerprint density at radius 2 is 1.52 bits per heavy atom. The Kier molecular flexibility index (Phi) is 9.10. The fourth-order valence-electron chi connectivity index (χ4n) is 2.11. The Morgan fingerprint density at radius 3 is 2.07 bits per heavy atom. The molecule has 0 bridgehead atoms. The van der Waals surface area contributed by atoms with Crippen LogP contribution in [0.5, 0.6) is 0 Å². The van der Waals surface area contributed by atoms with E-state index in [0.717, 1.165) is 5.56 Å². The van der Waals surface area contributed by atoms with Crippen molar-refractivity contribution < 1.29 is 33.8 Å². The first-order chi connectivity index (χ1) is 13.6. The predicted molar refractivity (Wildman–Crippen MR) is 100 cm³/mol. The zero-order valence-corrected chi connectivity index (χ0v) is 16.0. The summed E-state index contributed by atoms with van der Waals surface area (Å²) in [5, 5.41) is 15.7. The van der Waals surface area contributed by atoms with Crippen LogP contribution in [0.4, 0.5) is 4.79 Å². The van der Waals surface area contributed by atoms with Gasteiger partial charge in [0.25, 0.3) is 0 Å². The Labute approximate surface area is 167 Å². The fraction of sp³-hybridized carbons (Fsp3) is 0.389. The monoisotopic (exact) mass is 408 g/mol. The van der Waals surface area contributed by atoms with E-state index in [-0.39, 0.29) is 6.61 Å². The molecule has 4 amide bonds. The lowest BCUT2D eigenvalue weighted by molar-refractivity contribution is -0.143. The molecule has 0 aliphatic rings. The van der Waals surface area contributed by atoms with Crippen LogP contribution in [-0.2, 0) is 30.5 Å². The minimum Gasteiger partial charge on any atom is -0.480 e. The number of nitrogens with one attached hydrogen (secondary N) is 3. The number of carbonyl (C=O) groups is 5. The zero-order chi connectivity index (χ0) is 22.0. The van der Waals surface area contributed by atoms with Gasteiger partial charge in [-0.3, -0.25) is 14.4 Å². The summed E-state index contributed by atoms with van der Waals surface area (Å²) < 4.78 is 5.00. The number of hydrogen-bond acceptors (Lipinski definition) is 6. The van der Waals surface area contributed by atoms with Crippen LogP contribution in [0, 0.1) is 0 Å². The highest BCUT2D eigenvalue weighted by molar-refractivity contribution is 5.93. The third-order valence-electron chi connectivity index (χ3n) is 3.71. The molecular formula is C18H24N4O7. The molecule has 0 aliphatic heterocycles. The summed E-state index contributed by atoms with van der Waals surface area (Å²) in [4.78, 5) is 57.8. The minimum atomic E-state index is -1.51. The maximum absolute atomic E-state index is 12.1. The number of carboxylic acids is 1. The van der Waals surface area contributed by atoms with Gasteiger partial charge in [-0.25, -0.2) is 9.59 Å². The van der Waals surface area contributed by atoms with Crippen LogP contribution in [0.15, 0.2) is 30.3 Å². The maximum atomic E-state index is 12.1. The molecule has 1 aromatic rings. The third kappa shape index (κ3) is 8.73. The zero-order valence-electron chi connectivity index (χ0n) is 16.0. The summed E-state index contributed by atoms with van der Waals surface area (Å²) in [5.74, 6) is -3.86. The van der Waals surface area contributed by atoms with Gasteiger partial charge in [-0.05, 0) is 19.4 Å². The molecule has 6 N–H and O–H groups in total. The Bertz CT molecular complexity index is 754. The molecule has 11 nitrogen and oxygen atoms in total. The van der Waals surface area contributed by atoms with Crippen molar-refractivity contribution in [3.05, 3.63) is 35.9 Å². The van der Waals surface area contributed by atoms with E-state index in [0.29, 0.717) is 0 Å². The number of hydrogen-bond donors (Lipinski definition) is 5. The molecule has 3 atom stereocenters. The highest BCUT2D eigenvalue weighted by Gasteiger charge is 2.26. The number of ether oxygens (including phenoxy) is 1. The molecule has 0 aliphatic carbocycles. The number of amides is 4. The molecule has 1 rings (SSSR count). The second kappa shape index (κ2) is 11.3. The second-order valence-electron chi connectivity index (χ2n) is 6.23. The molecule has 0 spiro atoms. The highest BCUT2D eigenvalue weighted by Crippen LogP contribution is 2.01. The molecule has 0 heterocycles. The molecule has 0 saturated heterocycles. The third-order valence-corrected chi connectivity index (χ3v) is 3.71. The lowest BCUT2D eigenvalue weighted by Crippen LogP contribution is -2.54. The molecule has 0 saturated carbocycles. The molecule has 158 valence electrons. The van der Waals surface area contributed by atoms with E-state index in [2.05, 4.69) is 16.0 Å². The van der Waals surface area contributed by atoms with Gasteiger partial charge < -0.3 is 31.5 Å². The van der Waals surface area contributed by atoms with E-state index in [1.165, 1.54) is 13.8 Å². The van der Waals surface area contributed by atoms with Gasteiger partial charge in [-0.2, -0.15) is 0 Å². The average Bonchev–Trinajstić information content (AvgIpc) is 2.65. The highest BCUT2D eigenvalue weighted by atomic mass is 16.5. The van der Waals surface area contributed by atoms with Crippen LogP contribution in [-0.4, -0.2) is 53.0 Å². The van der Waals surface area contributed by atoms with Crippen LogP contribution >= 0.6 is 0 Å². The van der Waals surface area contributed by atoms with Crippen LogP contribution < -0.4 is 21.7 Å². The molecular weight excluding hydrogens is 384 g/mol. The van der Waals surface area contributed by atoms with Crippen LogP contribution in [0.2, 0.25) is 0 Å². The number of carboxylic acid groups (broad SMARTS) is 1. The smallest absolute Gasteiger partial charge is 0.408 e. The molecule has 0 radical (unpaired) electrons. The van der Waals surface area contributed by atoms with Crippen molar-refractivity contribution in [2.45, 2.75) is 45.0 Å². The summed E-state index contributed by atoms with van der Waals surface area (Å²) in [6.45, 7) is 2.73. The summed E-state index contributed by atoms with van der Waals surface area (Å²) >= 11 is 0. The number of benzene rings is 1. The van der Waals surface area contributed by atoms with Crippen molar-refractivity contribution in [3.63, 3.8) is 0 Å². The molecule has 29 heavy (non-hydrogen) atoms. The van der Waals surface area contributed by atoms with Crippen LogP contribution in [0.3, 0.4) is 0 Å². The fourth-order valence-corrected chi connectivity index (χ4v) is 2.11. The van der Waals surface area contributed by atoms with Crippen molar-refractivity contribution in [1.29, 1.82) is 0 Å². The predicted octanol–water partition coefficient (Wildman–Crippen LogP) is -0.749. The minimum absolute atomic E-state index is 0.0241. The SMILES string of the molecule is C[C@@H](NC(=O)OCc1ccccc1)C(=O)N[C@H](C)C(=O)N[C@@H](CC(N)=O)C(=O)O. The molecule has 1 aromatic carbocycles. The summed E-state index contributed by atoms with van der Waals surface area (Å²) in [5.41, 5.74) is 5.71. The van der Waals surface area contributed by atoms with Crippen molar-refractivity contribution >= 4 is 29.8 Å². The van der Waals surface area contributed by atoms with E-state index >= 15 is 0 Å².